The SMILES string of the molecule is CCC(C)(C)c1cccc([C@H](C)N)c1. The fraction of sp³-hybridized carbons (Fsp3) is 0.538. The molecule has 0 saturated heterocycles. The van der Waals surface area contributed by atoms with Crippen LogP contribution in [0.25, 0.3) is 0 Å². The summed E-state index contributed by atoms with van der Waals surface area (Å²) >= 11 is 0. The third kappa shape index (κ3) is 2.36. The minimum atomic E-state index is 0.127. The molecule has 0 saturated carbocycles. The van der Waals surface area contributed by atoms with Gasteiger partial charge in [0.15, 0.2) is 0 Å². The lowest BCUT2D eigenvalue weighted by molar-refractivity contribution is 0.505. The summed E-state index contributed by atoms with van der Waals surface area (Å²) in [5.74, 6) is 0. The van der Waals surface area contributed by atoms with Gasteiger partial charge in [-0.1, -0.05) is 45.0 Å². The normalized spacial score (nSPS) is 14.1. The van der Waals surface area contributed by atoms with Crippen molar-refractivity contribution in [3.05, 3.63) is 35.4 Å². The van der Waals surface area contributed by atoms with Crippen molar-refractivity contribution in [2.45, 2.75) is 45.6 Å². The van der Waals surface area contributed by atoms with E-state index < -0.39 is 0 Å². The predicted octanol–water partition coefficient (Wildman–Crippen LogP) is 3.39. The van der Waals surface area contributed by atoms with Gasteiger partial charge in [-0.05, 0) is 29.9 Å². The van der Waals surface area contributed by atoms with E-state index >= 15 is 0 Å². The Bertz CT molecular complexity index is 300. The van der Waals surface area contributed by atoms with Crippen LogP contribution >= 0.6 is 0 Å². The van der Waals surface area contributed by atoms with E-state index in [1.54, 1.807) is 0 Å². The molecule has 0 aliphatic carbocycles. The highest BCUT2D eigenvalue weighted by molar-refractivity contribution is 5.30. The first kappa shape index (κ1) is 11.3. The van der Waals surface area contributed by atoms with E-state index in [0.29, 0.717) is 0 Å². The van der Waals surface area contributed by atoms with Gasteiger partial charge >= 0.3 is 0 Å². The Morgan fingerprint density at radius 1 is 1.36 bits per heavy atom. The largest absolute Gasteiger partial charge is 0.324 e. The van der Waals surface area contributed by atoms with Gasteiger partial charge in [-0.3, -0.25) is 0 Å². The summed E-state index contributed by atoms with van der Waals surface area (Å²) in [6.07, 6.45) is 1.15. The number of nitrogens with two attached hydrogens (primary N) is 1. The van der Waals surface area contributed by atoms with Gasteiger partial charge < -0.3 is 5.73 Å². The van der Waals surface area contributed by atoms with Gasteiger partial charge in [-0.25, -0.2) is 0 Å². The third-order valence-electron chi connectivity index (χ3n) is 3.08. The highest BCUT2D eigenvalue weighted by Crippen LogP contribution is 2.28. The Hall–Kier alpha value is -0.820. The second-order valence-electron chi connectivity index (χ2n) is 4.65. The third-order valence-corrected chi connectivity index (χ3v) is 3.08. The predicted molar refractivity (Wildman–Crippen MR) is 62.4 cm³/mol. The van der Waals surface area contributed by atoms with Gasteiger partial charge in [0.1, 0.15) is 0 Å². The molecule has 1 aromatic rings. The lowest BCUT2D eigenvalue weighted by Crippen LogP contribution is -2.16. The molecular formula is C13H21N. The first-order valence-corrected chi connectivity index (χ1v) is 5.33. The zero-order valence-corrected chi connectivity index (χ0v) is 9.67. The Balaban J connectivity index is 3.05. The molecule has 0 bridgehead atoms. The van der Waals surface area contributed by atoms with E-state index in [9.17, 15) is 0 Å². The van der Waals surface area contributed by atoms with Gasteiger partial charge in [0.25, 0.3) is 0 Å². The monoisotopic (exact) mass is 191 g/mol. The summed E-state index contributed by atoms with van der Waals surface area (Å²) in [5, 5.41) is 0. The van der Waals surface area contributed by atoms with Crippen LogP contribution in [0.15, 0.2) is 24.3 Å². The topological polar surface area (TPSA) is 26.0 Å². The van der Waals surface area contributed by atoms with Crippen LogP contribution in [0.4, 0.5) is 0 Å². The second-order valence-corrected chi connectivity index (χ2v) is 4.65. The van der Waals surface area contributed by atoms with Gasteiger partial charge in [0.05, 0.1) is 0 Å². The van der Waals surface area contributed by atoms with Crippen molar-refractivity contribution in [2.24, 2.45) is 5.73 Å². The van der Waals surface area contributed by atoms with Gasteiger partial charge in [-0.2, -0.15) is 0 Å². The van der Waals surface area contributed by atoms with Gasteiger partial charge in [0.2, 0.25) is 0 Å². The zero-order valence-electron chi connectivity index (χ0n) is 9.67. The van der Waals surface area contributed by atoms with Crippen LogP contribution in [0.2, 0.25) is 0 Å². The summed E-state index contributed by atoms with van der Waals surface area (Å²) < 4.78 is 0. The van der Waals surface area contributed by atoms with E-state index in [0.717, 1.165) is 6.42 Å². The van der Waals surface area contributed by atoms with Crippen LogP contribution in [0.1, 0.15) is 51.3 Å². The quantitative estimate of drug-likeness (QED) is 0.778. The van der Waals surface area contributed by atoms with E-state index in [1.165, 1.54) is 11.1 Å². The van der Waals surface area contributed by atoms with Crippen LogP contribution in [0.5, 0.6) is 0 Å². The molecule has 1 aromatic carbocycles. The molecular weight excluding hydrogens is 170 g/mol. The first-order chi connectivity index (χ1) is 6.47. The molecule has 1 rings (SSSR count). The van der Waals surface area contributed by atoms with Crippen molar-refractivity contribution in [3.63, 3.8) is 0 Å². The summed E-state index contributed by atoms with van der Waals surface area (Å²) in [6, 6.07) is 8.75. The van der Waals surface area contributed by atoms with Gasteiger partial charge in [-0.15, -0.1) is 0 Å². The van der Waals surface area contributed by atoms with E-state index in [4.69, 9.17) is 5.73 Å². The maximum Gasteiger partial charge on any atom is 0.0266 e. The zero-order chi connectivity index (χ0) is 10.8. The number of rotatable bonds is 3. The average Bonchev–Trinajstić information content (AvgIpc) is 2.18. The lowest BCUT2D eigenvalue weighted by atomic mass is 9.81. The highest BCUT2D eigenvalue weighted by Gasteiger charge is 2.18. The van der Waals surface area contributed by atoms with Crippen molar-refractivity contribution < 1.29 is 0 Å². The molecule has 0 amide bonds. The second kappa shape index (κ2) is 4.14. The summed E-state index contributed by atoms with van der Waals surface area (Å²) in [5.41, 5.74) is 8.73. The summed E-state index contributed by atoms with van der Waals surface area (Å²) in [4.78, 5) is 0. The Labute approximate surface area is 87.3 Å². The minimum absolute atomic E-state index is 0.127. The molecule has 0 radical (unpaired) electrons. The molecule has 1 heteroatoms. The number of benzene rings is 1. The molecule has 14 heavy (non-hydrogen) atoms. The van der Waals surface area contributed by atoms with Crippen molar-refractivity contribution in [1.29, 1.82) is 0 Å². The van der Waals surface area contributed by atoms with Crippen molar-refractivity contribution in [1.82, 2.24) is 0 Å². The van der Waals surface area contributed by atoms with Crippen LogP contribution in [-0.4, -0.2) is 0 Å². The lowest BCUT2D eigenvalue weighted by Gasteiger charge is -2.24. The molecule has 0 aromatic heterocycles. The summed E-state index contributed by atoms with van der Waals surface area (Å²) in [6.45, 7) is 8.79. The fourth-order valence-electron chi connectivity index (χ4n) is 1.45. The number of hydrogen-bond acceptors (Lipinski definition) is 1. The van der Waals surface area contributed by atoms with Crippen LogP contribution < -0.4 is 5.73 Å². The Morgan fingerprint density at radius 3 is 2.50 bits per heavy atom. The molecule has 1 nitrogen and oxygen atoms in total. The molecule has 2 N–H and O–H groups in total. The summed E-state index contributed by atoms with van der Waals surface area (Å²) in [7, 11) is 0. The molecule has 0 aliphatic rings. The van der Waals surface area contributed by atoms with E-state index in [1.807, 2.05) is 6.92 Å². The molecule has 0 fully saturated rings. The van der Waals surface area contributed by atoms with Crippen molar-refractivity contribution in [2.75, 3.05) is 0 Å². The molecule has 0 spiro atoms. The van der Waals surface area contributed by atoms with Gasteiger partial charge in [0, 0.05) is 6.04 Å². The number of hydrogen-bond donors (Lipinski definition) is 1. The fourth-order valence-corrected chi connectivity index (χ4v) is 1.45. The van der Waals surface area contributed by atoms with Crippen LogP contribution in [0.3, 0.4) is 0 Å². The minimum Gasteiger partial charge on any atom is -0.324 e. The highest BCUT2D eigenvalue weighted by atomic mass is 14.6. The van der Waals surface area contributed by atoms with Crippen LogP contribution in [-0.2, 0) is 5.41 Å². The molecule has 78 valence electrons. The molecule has 1 atom stereocenters. The molecule has 0 unspecified atom stereocenters. The van der Waals surface area contributed by atoms with Crippen molar-refractivity contribution in [3.8, 4) is 0 Å². The average molecular weight is 191 g/mol. The standard InChI is InChI=1S/C13H21N/c1-5-13(3,4)12-8-6-7-11(9-12)10(2)14/h6-10H,5,14H2,1-4H3/t10-/m0/s1. The maximum atomic E-state index is 5.87. The van der Waals surface area contributed by atoms with Crippen molar-refractivity contribution >= 4 is 0 Å². The van der Waals surface area contributed by atoms with E-state index in [2.05, 4.69) is 45.0 Å². The maximum absolute atomic E-state index is 5.87. The van der Waals surface area contributed by atoms with E-state index in [-0.39, 0.29) is 11.5 Å². The molecule has 0 heterocycles. The Kier molecular flexibility index (Phi) is 3.33. The smallest absolute Gasteiger partial charge is 0.0266 e. The van der Waals surface area contributed by atoms with Crippen LogP contribution in [0, 0.1) is 0 Å². The first-order valence-electron chi connectivity index (χ1n) is 5.33. The Morgan fingerprint density at radius 2 is 2.00 bits per heavy atom. The molecule has 0 aliphatic heterocycles.